The molecule has 0 bridgehead atoms. The number of fused-ring (bicyclic) bond motifs is 1. The molecule has 3 atom stereocenters. The van der Waals surface area contributed by atoms with E-state index in [1.165, 1.54) is 7.11 Å². The second-order valence-electron chi connectivity index (χ2n) is 9.38. The van der Waals surface area contributed by atoms with E-state index < -0.39 is 10.0 Å². The van der Waals surface area contributed by atoms with E-state index >= 15 is 0 Å². The van der Waals surface area contributed by atoms with Crippen LogP contribution in [0.5, 0.6) is 5.75 Å². The minimum atomic E-state index is -3.66. The van der Waals surface area contributed by atoms with Crippen molar-refractivity contribution in [3.05, 3.63) is 59.7 Å². The molecule has 2 aliphatic heterocycles. The van der Waals surface area contributed by atoms with Crippen molar-refractivity contribution in [1.29, 1.82) is 0 Å². The number of methoxy groups -OCH3 is 1. The van der Waals surface area contributed by atoms with Gasteiger partial charge in [-0.05, 0) is 49.2 Å². The number of aliphatic hydroxyl groups excluding tert-OH is 1. The number of rotatable bonds is 5. The van der Waals surface area contributed by atoms with E-state index in [9.17, 15) is 13.5 Å². The molecule has 2 fully saturated rings. The zero-order chi connectivity index (χ0) is 24.3. The van der Waals surface area contributed by atoms with Gasteiger partial charge in [0.1, 0.15) is 5.75 Å². The lowest BCUT2D eigenvalue weighted by Gasteiger charge is -2.57. The second kappa shape index (κ2) is 10.5. The molecule has 1 N–H and O–H groups in total. The lowest BCUT2D eigenvalue weighted by atomic mass is 9.74. The summed E-state index contributed by atoms with van der Waals surface area (Å²) in [6.45, 7) is 5.95. The molecule has 0 spiro atoms. The van der Waals surface area contributed by atoms with E-state index in [1.54, 1.807) is 28.6 Å². The van der Waals surface area contributed by atoms with Crippen molar-refractivity contribution >= 4 is 10.0 Å². The Labute approximate surface area is 203 Å². The van der Waals surface area contributed by atoms with Crippen LogP contribution in [0.3, 0.4) is 0 Å². The number of hydrogen-bond acceptors (Lipinski definition) is 5. The molecule has 182 valence electrons. The predicted octanol–water partition coefficient (Wildman–Crippen LogP) is 3.32. The first kappa shape index (κ1) is 24.7. The highest BCUT2D eigenvalue weighted by Gasteiger charge is 2.50. The Bertz CT molecular complexity index is 1150. The van der Waals surface area contributed by atoms with Gasteiger partial charge in [-0.3, -0.25) is 4.90 Å². The van der Waals surface area contributed by atoms with Crippen LogP contribution in [-0.2, 0) is 10.0 Å². The topological polar surface area (TPSA) is 70.1 Å². The Balaban J connectivity index is 1.61. The third-order valence-electron chi connectivity index (χ3n) is 6.81. The molecule has 0 aliphatic carbocycles. The summed E-state index contributed by atoms with van der Waals surface area (Å²) in [5.41, 5.74) is 2.09. The number of nitrogens with zero attached hydrogens (tertiary/aromatic N) is 2. The lowest BCUT2D eigenvalue weighted by Crippen LogP contribution is -2.67. The third kappa shape index (κ3) is 5.01. The summed E-state index contributed by atoms with van der Waals surface area (Å²) in [5, 5.41) is 10.2. The van der Waals surface area contributed by atoms with Gasteiger partial charge in [0.25, 0.3) is 0 Å². The van der Waals surface area contributed by atoms with Gasteiger partial charge in [0.15, 0.2) is 0 Å². The van der Waals surface area contributed by atoms with Crippen LogP contribution in [0.4, 0.5) is 0 Å². The normalized spacial score (nSPS) is 23.7. The Hall–Kier alpha value is -2.37. The fourth-order valence-corrected chi connectivity index (χ4v) is 6.59. The van der Waals surface area contributed by atoms with Gasteiger partial charge in [-0.15, -0.1) is 0 Å². The molecule has 2 aromatic carbocycles. The van der Waals surface area contributed by atoms with Crippen LogP contribution in [0.2, 0.25) is 0 Å². The van der Waals surface area contributed by atoms with E-state index in [-0.39, 0.29) is 29.5 Å². The van der Waals surface area contributed by atoms with E-state index in [1.807, 2.05) is 12.1 Å². The number of benzene rings is 2. The fraction of sp³-hybridized carbons (Fsp3) is 0.481. The molecule has 2 aliphatic rings. The maximum Gasteiger partial charge on any atom is 0.243 e. The number of hydrogen-bond donors (Lipinski definition) is 1. The van der Waals surface area contributed by atoms with Crippen LogP contribution >= 0.6 is 0 Å². The summed E-state index contributed by atoms with van der Waals surface area (Å²) in [5.74, 6) is 7.28. The van der Waals surface area contributed by atoms with E-state index in [4.69, 9.17) is 4.74 Å². The number of sulfonamides is 1. The minimum Gasteiger partial charge on any atom is -0.497 e. The van der Waals surface area contributed by atoms with Crippen LogP contribution in [0, 0.1) is 17.8 Å². The number of ether oxygens (including phenoxy) is 1. The third-order valence-corrected chi connectivity index (χ3v) is 8.67. The molecule has 6 nitrogen and oxygen atoms in total. The molecule has 2 heterocycles. The molecule has 7 heteroatoms. The first-order valence-electron chi connectivity index (χ1n) is 12.0. The van der Waals surface area contributed by atoms with Crippen LogP contribution in [-0.4, -0.2) is 68.2 Å². The minimum absolute atomic E-state index is 0.00271. The molecule has 0 radical (unpaired) electrons. The lowest BCUT2D eigenvalue weighted by molar-refractivity contribution is -0.0553. The van der Waals surface area contributed by atoms with Crippen LogP contribution in [0.25, 0.3) is 0 Å². The van der Waals surface area contributed by atoms with Gasteiger partial charge in [-0.2, -0.15) is 4.31 Å². The van der Waals surface area contributed by atoms with Crippen molar-refractivity contribution in [2.75, 3.05) is 33.4 Å². The number of aliphatic hydroxyl groups is 1. The zero-order valence-corrected chi connectivity index (χ0v) is 21.0. The highest BCUT2D eigenvalue weighted by Crippen LogP contribution is 2.42. The standard InChI is InChI=1S/C27H34N2O4S/c1-20(2)9-10-21-11-13-22(14-12-21)27-25-18-28(15-4-5-16-29(25)26(27)19-30)34(31,32)24-8-6-7-23(17-24)33-3/h6-8,11-14,17,20,25-27,30H,4-5,15-16,18-19H2,1-3H3/t25-,26+,27-/m1/s1. The van der Waals surface area contributed by atoms with Gasteiger partial charge < -0.3 is 9.84 Å². The summed E-state index contributed by atoms with van der Waals surface area (Å²) in [7, 11) is -2.13. The smallest absolute Gasteiger partial charge is 0.243 e. The molecule has 2 saturated heterocycles. The van der Waals surface area contributed by atoms with Crippen molar-refractivity contribution in [3.8, 4) is 17.6 Å². The van der Waals surface area contributed by atoms with Gasteiger partial charge in [0, 0.05) is 48.6 Å². The molecule has 34 heavy (non-hydrogen) atoms. The molecular weight excluding hydrogens is 448 g/mol. The Morgan fingerprint density at radius 3 is 2.53 bits per heavy atom. The molecule has 0 unspecified atom stereocenters. The summed E-state index contributed by atoms with van der Waals surface area (Å²) < 4.78 is 34.0. The summed E-state index contributed by atoms with van der Waals surface area (Å²) in [6.07, 6.45) is 1.69. The average Bonchev–Trinajstić information content (AvgIpc) is 2.82. The van der Waals surface area contributed by atoms with Crippen LogP contribution in [0.1, 0.15) is 43.7 Å². The Morgan fingerprint density at radius 1 is 1.12 bits per heavy atom. The first-order valence-corrected chi connectivity index (χ1v) is 13.4. The highest BCUT2D eigenvalue weighted by molar-refractivity contribution is 7.89. The molecule has 4 rings (SSSR count). The quantitative estimate of drug-likeness (QED) is 0.662. The fourth-order valence-electron chi connectivity index (χ4n) is 5.05. The highest BCUT2D eigenvalue weighted by atomic mass is 32.2. The molecule has 0 saturated carbocycles. The zero-order valence-electron chi connectivity index (χ0n) is 20.1. The molecule has 2 aromatic rings. The SMILES string of the molecule is COc1cccc(S(=O)(=O)N2CCCCN3[C@H](C2)[C@@H](c2ccc(C#CC(C)C)cc2)[C@@H]3CO)c1. The summed E-state index contributed by atoms with van der Waals surface area (Å²) in [4.78, 5) is 2.53. The van der Waals surface area contributed by atoms with Crippen molar-refractivity contribution < 1.29 is 18.3 Å². The second-order valence-corrected chi connectivity index (χ2v) is 11.3. The van der Waals surface area contributed by atoms with E-state index in [0.717, 1.165) is 30.5 Å². The van der Waals surface area contributed by atoms with Gasteiger partial charge >= 0.3 is 0 Å². The summed E-state index contributed by atoms with van der Waals surface area (Å²) in [6, 6.07) is 14.9. The van der Waals surface area contributed by atoms with Crippen molar-refractivity contribution in [3.63, 3.8) is 0 Å². The van der Waals surface area contributed by atoms with Crippen LogP contribution < -0.4 is 4.74 Å². The van der Waals surface area contributed by atoms with Gasteiger partial charge in [0.2, 0.25) is 10.0 Å². The largest absolute Gasteiger partial charge is 0.497 e. The average molecular weight is 483 g/mol. The van der Waals surface area contributed by atoms with Gasteiger partial charge in [0.05, 0.1) is 18.6 Å². The molecular formula is C27H34N2O4S. The van der Waals surface area contributed by atoms with E-state index in [2.05, 4.69) is 42.7 Å². The van der Waals surface area contributed by atoms with Crippen molar-refractivity contribution in [2.45, 2.75) is 49.6 Å². The molecule has 0 amide bonds. The van der Waals surface area contributed by atoms with Crippen LogP contribution in [0.15, 0.2) is 53.4 Å². The monoisotopic (exact) mass is 482 g/mol. The van der Waals surface area contributed by atoms with Crippen molar-refractivity contribution in [2.24, 2.45) is 5.92 Å². The van der Waals surface area contributed by atoms with E-state index in [0.29, 0.717) is 24.8 Å². The van der Waals surface area contributed by atoms with Gasteiger partial charge in [-0.1, -0.05) is 43.9 Å². The maximum atomic E-state index is 13.5. The molecule has 0 aromatic heterocycles. The summed E-state index contributed by atoms with van der Waals surface area (Å²) >= 11 is 0. The maximum absolute atomic E-state index is 13.5. The van der Waals surface area contributed by atoms with Crippen molar-refractivity contribution in [1.82, 2.24) is 9.21 Å². The Morgan fingerprint density at radius 2 is 1.85 bits per heavy atom. The predicted molar refractivity (Wildman–Crippen MR) is 133 cm³/mol. The Kier molecular flexibility index (Phi) is 7.63. The first-order chi connectivity index (χ1) is 16.3. The van der Waals surface area contributed by atoms with Gasteiger partial charge in [-0.25, -0.2) is 8.42 Å².